The van der Waals surface area contributed by atoms with Crippen molar-refractivity contribution in [1.82, 2.24) is 0 Å². The third-order valence-electron chi connectivity index (χ3n) is 3.03. The van der Waals surface area contributed by atoms with Crippen molar-refractivity contribution in [2.24, 2.45) is 0 Å². The molecule has 3 nitrogen and oxygen atoms in total. The van der Waals surface area contributed by atoms with Crippen molar-refractivity contribution in [2.45, 2.75) is 19.8 Å². The minimum absolute atomic E-state index is 0.00598. The molecule has 2 aromatic rings. The fraction of sp³-hybridized carbons (Fsp3) is 0.235. The Labute approximate surface area is 138 Å². The van der Waals surface area contributed by atoms with Crippen molar-refractivity contribution in [3.8, 4) is 5.75 Å². The van der Waals surface area contributed by atoms with E-state index in [2.05, 4.69) is 41.8 Å². The smallest absolute Gasteiger partial charge is 0.262 e. The van der Waals surface area contributed by atoms with Crippen LogP contribution in [0.5, 0.6) is 5.75 Å². The molecule has 0 atom stereocenters. The molecule has 21 heavy (non-hydrogen) atoms. The minimum atomic E-state index is -0.161. The fourth-order valence-electron chi connectivity index (χ4n) is 1.85. The Morgan fingerprint density at radius 2 is 1.90 bits per heavy atom. The van der Waals surface area contributed by atoms with E-state index in [9.17, 15) is 4.79 Å². The number of hydrogen-bond acceptors (Lipinski definition) is 2. The molecule has 0 aliphatic heterocycles. The molecule has 0 aliphatic carbocycles. The molecule has 0 unspecified atom stereocenters. The van der Waals surface area contributed by atoms with Crippen LogP contribution in [0.4, 0.5) is 5.69 Å². The van der Waals surface area contributed by atoms with Crippen LogP contribution in [0, 0.1) is 3.57 Å². The molecule has 2 rings (SSSR count). The van der Waals surface area contributed by atoms with Crippen molar-refractivity contribution < 1.29 is 9.53 Å². The van der Waals surface area contributed by atoms with E-state index in [1.165, 1.54) is 5.56 Å². The summed E-state index contributed by atoms with van der Waals surface area (Å²) < 4.78 is 6.54. The monoisotopic (exact) mass is 395 g/mol. The largest absolute Gasteiger partial charge is 0.484 e. The Kier molecular flexibility index (Phi) is 5.61. The number of anilines is 1. The van der Waals surface area contributed by atoms with Crippen LogP contribution in [-0.2, 0) is 4.79 Å². The first-order chi connectivity index (χ1) is 10.0. The Morgan fingerprint density at radius 3 is 2.52 bits per heavy atom. The molecule has 110 valence electrons. The van der Waals surface area contributed by atoms with E-state index in [-0.39, 0.29) is 12.5 Å². The van der Waals surface area contributed by atoms with Gasteiger partial charge in [0.2, 0.25) is 0 Å². The van der Waals surface area contributed by atoms with E-state index in [1.807, 2.05) is 48.5 Å². The van der Waals surface area contributed by atoms with Crippen LogP contribution in [0.25, 0.3) is 0 Å². The lowest BCUT2D eigenvalue weighted by atomic mass is 10.0. The van der Waals surface area contributed by atoms with Crippen molar-refractivity contribution in [3.63, 3.8) is 0 Å². The van der Waals surface area contributed by atoms with Crippen molar-refractivity contribution in [3.05, 3.63) is 57.7 Å². The molecule has 0 spiro atoms. The summed E-state index contributed by atoms with van der Waals surface area (Å²) >= 11 is 2.21. The Bertz CT molecular complexity index is 608. The number of hydrogen-bond donors (Lipinski definition) is 1. The summed E-state index contributed by atoms with van der Waals surface area (Å²) in [4.78, 5) is 11.9. The van der Waals surface area contributed by atoms with Crippen LogP contribution in [0.1, 0.15) is 25.3 Å². The van der Waals surface area contributed by atoms with Gasteiger partial charge < -0.3 is 10.1 Å². The third-order valence-corrected chi connectivity index (χ3v) is 3.70. The topological polar surface area (TPSA) is 38.3 Å². The minimum Gasteiger partial charge on any atom is -0.484 e. The van der Waals surface area contributed by atoms with Crippen LogP contribution >= 0.6 is 22.6 Å². The molecule has 0 saturated carbocycles. The van der Waals surface area contributed by atoms with Gasteiger partial charge in [-0.1, -0.05) is 32.0 Å². The van der Waals surface area contributed by atoms with Gasteiger partial charge in [0.15, 0.2) is 6.61 Å². The lowest BCUT2D eigenvalue weighted by Crippen LogP contribution is -2.20. The Hall–Kier alpha value is -1.56. The molecule has 0 aromatic heterocycles. The van der Waals surface area contributed by atoms with Gasteiger partial charge in [-0.05, 0) is 64.4 Å². The maximum absolute atomic E-state index is 11.9. The SMILES string of the molecule is CC(C)c1ccc(NC(=O)COc2cccc(I)c2)cc1. The number of halogens is 1. The quantitative estimate of drug-likeness (QED) is 0.761. The molecule has 1 N–H and O–H groups in total. The molecule has 1 amide bonds. The summed E-state index contributed by atoms with van der Waals surface area (Å²) in [5.41, 5.74) is 2.04. The van der Waals surface area contributed by atoms with Crippen molar-refractivity contribution in [2.75, 3.05) is 11.9 Å². The van der Waals surface area contributed by atoms with Crippen LogP contribution in [0.3, 0.4) is 0 Å². The van der Waals surface area contributed by atoms with E-state index in [0.717, 1.165) is 9.26 Å². The molecule has 0 aliphatic rings. The predicted octanol–water partition coefficient (Wildman–Crippen LogP) is 4.43. The standard InChI is InChI=1S/C17H18INO2/c1-12(2)13-6-8-15(9-7-13)19-17(20)11-21-16-5-3-4-14(18)10-16/h3-10,12H,11H2,1-2H3,(H,19,20). The first kappa shape index (κ1) is 15.8. The number of carbonyl (C=O) groups excluding carboxylic acids is 1. The summed E-state index contributed by atoms with van der Waals surface area (Å²) in [6, 6.07) is 15.5. The zero-order chi connectivity index (χ0) is 15.2. The van der Waals surface area contributed by atoms with Gasteiger partial charge in [-0.2, -0.15) is 0 Å². The average molecular weight is 395 g/mol. The van der Waals surface area contributed by atoms with E-state index in [0.29, 0.717) is 11.7 Å². The molecular weight excluding hydrogens is 377 g/mol. The maximum atomic E-state index is 11.9. The van der Waals surface area contributed by atoms with Crippen LogP contribution in [-0.4, -0.2) is 12.5 Å². The Balaban J connectivity index is 1.87. The van der Waals surface area contributed by atoms with E-state index in [1.54, 1.807) is 0 Å². The van der Waals surface area contributed by atoms with Crippen molar-refractivity contribution in [1.29, 1.82) is 0 Å². The van der Waals surface area contributed by atoms with Gasteiger partial charge in [0.1, 0.15) is 5.75 Å². The van der Waals surface area contributed by atoms with Gasteiger partial charge in [-0.3, -0.25) is 4.79 Å². The number of amides is 1. The van der Waals surface area contributed by atoms with E-state index >= 15 is 0 Å². The lowest BCUT2D eigenvalue weighted by molar-refractivity contribution is -0.118. The molecule has 0 bridgehead atoms. The normalized spacial score (nSPS) is 10.5. The van der Waals surface area contributed by atoms with Gasteiger partial charge in [-0.25, -0.2) is 0 Å². The highest BCUT2D eigenvalue weighted by Crippen LogP contribution is 2.17. The van der Waals surface area contributed by atoms with Gasteiger partial charge in [-0.15, -0.1) is 0 Å². The first-order valence-corrected chi connectivity index (χ1v) is 7.90. The molecule has 0 fully saturated rings. The zero-order valence-electron chi connectivity index (χ0n) is 12.1. The van der Waals surface area contributed by atoms with Crippen LogP contribution in [0.2, 0.25) is 0 Å². The summed E-state index contributed by atoms with van der Waals surface area (Å²) in [6.45, 7) is 4.29. The third kappa shape index (κ3) is 5.04. The molecule has 2 aromatic carbocycles. The first-order valence-electron chi connectivity index (χ1n) is 6.83. The molecule has 4 heteroatoms. The fourth-order valence-corrected chi connectivity index (χ4v) is 2.37. The predicted molar refractivity (Wildman–Crippen MR) is 93.8 cm³/mol. The van der Waals surface area contributed by atoms with Gasteiger partial charge >= 0.3 is 0 Å². The van der Waals surface area contributed by atoms with Gasteiger partial charge in [0, 0.05) is 9.26 Å². The molecular formula is C17H18INO2. The number of nitrogens with one attached hydrogen (secondary N) is 1. The van der Waals surface area contributed by atoms with Crippen LogP contribution < -0.4 is 10.1 Å². The second kappa shape index (κ2) is 7.45. The maximum Gasteiger partial charge on any atom is 0.262 e. The van der Waals surface area contributed by atoms with Crippen LogP contribution in [0.15, 0.2) is 48.5 Å². The number of benzene rings is 2. The summed E-state index contributed by atoms with van der Waals surface area (Å²) in [7, 11) is 0. The highest BCUT2D eigenvalue weighted by molar-refractivity contribution is 14.1. The highest BCUT2D eigenvalue weighted by Gasteiger charge is 2.05. The zero-order valence-corrected chi connectivity index (χ0v) is 14.3. The Morgan fingerprint density at radius 1 is 1.19 bits per heavy atom. The van der Waals surface area contributed by atoms with Gasteiger partial charge in [0.25, 0.3) is 5.91 Å². The second-order valence-corrected chi connectivity index (χ2v) is 6.32. The molecule has 0 heterocycles. The second-order valence-electron chi connectivity index (χ2n) is 5.07. The average Bonchev–Trinajstić information content (AvgIpc) is 2.46. The van der Waals surface area contributed by atoms with Crippen molar-refractivity contribution >= 4 is 34.2 Å². The summed E-state index contributed by atoms with van der Waals surface area (Å²) in [5, 5.41) is 2.83. The van der Waals surface area contributed by atoms with Gasteiger partial charge in [0.05, 0.1) is 0 Å². The molecule has 0 saturated heterocycles. The summed E-state index contributed by atoms with van der Waals surface area (Å²) in [5.74, 6) is 1.03. The van der Waals surface area contributed by atoms with E-state index < -0.39 is 0 Å². The highest BCUT2D eigenvalue weighted by atomic mass is 127. The molecule has 0 radical (unpaired) electrons. The number of carbonyl (C=O) groups is 1. The van der Waals surface area contributed by atoms with E-state index in [4.69, 9.17) is 4.74 Å². The lowest BCUT2D eigenvalue weighted by Gasteiger charge is -2.09. The summed E-state index contributed by atoms with van der Waals surface area (Å²) in [6.07, 6.45) is 0. The number of ether oxygens (including phenoxy) is 1. The number of rotatable bonds is 5.